The van der Waals surface area contributed by atoms with Crippen molar-refractivity contribution in [3.8, 4) is 0 Å². The first-order chi connectivity index (χ1) is 9.79. The summed E-state index contributed by atoms with van der Waals surface area (Å²) in [6.07, 6.45) is 0. The zero-order chi connectivity index (χ0) is 15.6. The molecule has 0 amide bonds. The predicted molar refractivity (Wildman–Crippen MR) is 75.3 cm³/mol. The Kier molecular flexibility index (Phi) is 4.30. The fraction of sp³-hybridized carbons (Fsp3) is 0.182. The molecule has 2 rings (SSSR count). The van der Waals surface area contributed by atoms with E-state index in [-0.39, 0.29) is 27.8 Å². The van der Waals surface area contributed by atoms with Gasteiger partial charge in [-0.25, -0.2) is 17.5 Å². The molecule has 21 heavy (non-hydrogen) atoms. The van der Waals surface area contributed by atoms with Gasteiger partial charge in [0.15, 0.2) is 5.82 Å². The predicted octanol–water partition coefficient (Wildman–Crippen LogP) is 0.630. The van der Waals surface area contributed by atoms with Crippen LogP contribution in [0, 0.1) is 12.7 Å². The van der Waals surface area contributed by atoms with Crippen LogP contribution in [-0.2, 0) is 16.6 Å². The first kappa shape index (κ1) is 15.5. The van der Waals surface area contributed by atoms with E-state index in [2.05, 4.69) is 27.1 Å². The van der Waals surface area contributed by atoms with Crippen molar-refractivity contribution in [3.63, 3.8) is 0 Å². The van der Waals surface area contributed by atoms with Gasteiger partial charge in [-0.05, 0) is 18.2 Å². The second-order valence-corrected chi connectivity index (χ2v) is 6.27. The van der Waals surface area contributed by atoms with Crippen molar-refractivity contribution in [2.75, 3.05) is 0 Å². The summed E-state index contributed by atoms with van der Waals surface area (Å²) >= 11 is 4.67. The summed E-state index contributed by atoms with van der Waals surface area (Å²) in [5.74, 6) is -0.176. The van der Waals surface area contributed by atoms with Crippen molar-refractivity contribution in [2.24, 2.45) is 5.73 Å². The lowest BCUT2D eigenvalue weighted by Crippen LogP contribution is -2.24. The van der Waals surface area contributed by atoms with Crippen LogP contribution in [-0.4, -0.2) is 23.5 Å². The lowest BCUT2D eigenvalue weighted by atomic mass is 10.2. The average Bonchev–Trinajstić information content (AvgIpc) is 2.82. The number of nitrogens with one attached hydrogen (secondary N) is 1. The molecule has 2 aromatic rings. The molecule has 0 radical (unpaired) electrons. The topological polar surface area (TPSA) is 111 Å². The quantitative estimate of drug-likeness (QED) is 0.773. The Morgan fingerprint density at radius 3 is 2.81 bits per heavy atom. The number of nitrogens with zero attached hydrogens (tertiary/aromatic N) is 2. The van der Waals surface area contributed by atoms with Crippen LogP contribution < -0.4 is 10.5 Å². The molecule has 0 aliphatic rings. The van der Waals surface area contributed by atoms with Crippen molar-refractivity contribution in [1.29, 1.82) is 0 Å². The molecule has 7 nitrogen and oxygen atoms in total. The molecule has 3 N–H and O–H groups in total. The van der Waals surface area contributed by atoms with Gasteiger partial charge in [0, 0.05) is 12.5 Å². The molecule has 0 spiro atoms. The van der Waals surface area contributed by atoms with E-state index in [1.807, 2.05) is 0 Å². The Hall–Kier alpha value is -1.91. The lowest BCUT2D eigenvalue weighted by Gasteiger charge is -2.07. The first-order valence-corrected chi connectivity index (χ1v) is 7.57. The minimum atomic E-state index is -3.88. The van der Waals surface area contributed by atoms with Gasteiger partial charge in [0.25, 0.3) is 0 Å². The highest BCUT2D eigenvalue weighted by atomic mass is 32.2. The van der Waals surface area contributed by atoms with E-state index < -0.39 is 15.8 Å². The number of hydrogen-bond acceptors (Lipinski definition) is 6. The summed E-state index contributed by atoms with van der Waals surface area (Å²) < 4.78 is 44.6. The molecule has 0 unspecified atom stereocenters. The molecule has 0 fully saturated rings. The Bertz CT molecular complexity index is 789. The van der Waals surface area contributed by atoms with Gasteiger partial charge >= 0.3 is 0 Å². The second-order valence-electron chi connectivity index (χ2n) is 4.06. The summed E-state index contributed by atoms with van der Waals surface area (Å²) in [7, 11) is -3.88. The molecule has 0 saturated heterocycles. The minimum Gasteiger partial charge on any atom is -0.389 e. The number of hydrogen-bond donors (Lipinski definition) is 2. The molecular formula is C11H11FN4O3S2. The van der Waals surface area contributed by atoms with Gasteiger partial charge in [-0.1, -0.05) is 17.4 Å². The van der Waals surface area contributed by atoms with Crippen LogP contribution in [0.1, 0.15) is 17.3 Å². The smallest absolute Gasteiger partial charge is 0.241 e. The van der Waals surface area contributed by atoms with Crippen LogP contribution in [0.15, 0.2) is 27.6 Å². The van der Waals surface area contributed by atoms with Crippen LogP contribution in [0.2, 0.25) is 0 Å². The van der Waals surface area contributed by atoms with Crippen molar-refractivity contribution < 1.29 is 17.3 Å². The van der Waals surface area contributed by atoms with E-state index in [1.165, 1.54) is 0 Å². The number of thiocarbonyl (C=S) groups is 1. The summed E-state index contributed by atoms with van der Waals surface area (Å²) in [5.41, 5.74) is 5.20. The third-order valence-electron chi connectivity index (χ3n) is 2.50. The monoisotopic (exact) mass is 330 g/mol. The Morgan fingerprint density at radius 1 is 1.52 bits per heavy atom. The molecule has 1 aromatic carbocycles. The maximum absolute atomic E-state index is 13.4. The van der Waals surface area contributed by atoms with Gasteiger partial charge in [0.1, 0.15) is 10.8 Å². The summed E-state index contributed by atoms with van der Waals surface area (Å²) in [5, 5.41) is 3.56. The fourth-order valence-corrected chi connectivity index (χ4v) is 2.68. The summed E-state index contributed by atoms with van der Waals surface area (Å²) in [4.78, 5) is 3.48. The van der Waals surface area contributed by atoms with E-state index in [0.29, 0.717) is 5.89 Å². The number of sulfonamides is 1. The van der Waals surface area contributed by atoms with Gasteiger partial charge < -0.3 is 10.3 Å². The van der Waals surface area contributed by atoms with E-state index in [9.17, 15) is 12.8 Å². The number of benzene rings is 1. The molecule has 0 bridgehead atoms. The zero-order valence-electron chi connectivity index (χ0n) is 10.8. The highest BCUT2D eigenvalue weighted by Gasteiger charge is 2.18. The van der Waals surface area contributed by atoms with Crippen molar-refractivity contribution >= 4 is 27.2 Å². The van der Waals surface area contributed by atoms with E-state index in [1.54, 1.807) is 6.92 Å². The lowest BCUT2D eigenvalue weighted by molar-refractivity contribution is 0.387. The molecule has 0 saturated carbocycles. The molecule has 1 heterocycles. The Labute approximate surface area is 125 Å². The van der Waals surface area contributed by atoms with Crippen LogP contribution in [0.3, 0.4) is 0 Å². The number of halogens is 1. The normalized spacial score (nSPS) is 11.5. The minimum absolute atomic E-state index is 0.136. The highest BCUT2D eigenvalue weighted by molar-refractivity contribution is 7.89. The Balaban J connectivity index is 2.23. The zero-order valence-corrected chi connectivity index (χ0v) is 12.5. The number of aromatic nitrogens is 2. The standard InChI is InChI=1S/C11H11FN4O3S2/c1-6-15-10(16-19-6)5-14-21(17,18)7-2-3-9(12)8(4-7)11(13)20/h2-4,14H,5H2,1H3,(H2,13,20). The van der Waals surface area contributed by atoms with Crippen LogP contribution >= 0.6 is 12.2 Å². The summed E-state index contributed by atoms with van der Waals surface area (Å²) in [6, 6.07) is 3.17. The van der Waals surface area contributed by atoms with Gasteiger partial charge in [-0.15, -0.1) is 0 Å². The molecular weight excluding hydrogens is 319 g/mol. The van der Waals surface area contributed by atoms with Gasteiger partial charge in [-0.2, -0.15) is 4.98 Å². The molecule has 1 aromatic heterocycles. The summed E-state index contributed by atoms with van der Waals surface area (Å²) in [6.45, 7) is 1.43. The fourth-order valence-electron chi connectivity index (χ4n) is 1.52. The highest BCUT2D eigenvalue weighted by Crippen LogP contribution is 2.15. The molecule has 0 atom stereocenters. The number of rotatable bonds is 5. The third-order valence-corrected chi connectivity index (χ3v) is 4.12. The SMILES string of the molecule is Cc1nc(CNS(=O)(=O)c2ccc(F)c(C(N)=S)c2)no1. The average molecular weight is 330 g/mol. The van der Waals surface area contributed by atoms with E-state index in [4.69, 9.17) is 10.3 Å². The largest absolute Gasteiger partial charge is 0.389 e. The van der Waals surface area contributed by atoms with Crippen LogP contribution in [0.25, 0.3) is 0 Å². The van der Waals surface area contributed by atoms with E-state index in [0.717, 1.165) is 18.2 Å². The van der Waals surface area contributed by atoms with Gasteiger partial charge in [0.2, 0.25) is 15.9 Å². The Morgan fingerprint density at radius 2 is 2.24 bits per heavy atom. The number of aryl methyl sites for hydroxylation is 1. The molecule has 112 valence electrons. The van der Waals surface area contributed by atoms with Crippen LogP contribution in [0.5, 0.6) is 0 Å². The number of nitrogens with two attached hydrogens (primary N) is 1. The maximum Gasteiger partial charge on any atom is 0.241 e. The van der Waals surface area contributed by atoms with Crippen LogP contribution in [0.4, 0.5) is 4.39 Å². The molecule has 0 aliphatic carbocycles. The van der Waals surface area contributed by atoms with Gasteiger partial charge in [0.05, 0.1) is 11.4 Å². The third kappa shape index (κ3) is 3.60. The first-order valence-electron chi connectivity index (χ1n) is 5.68. The van der Waals surface area contributed by atoms with Gasteiger partial charge in [-0.3, -0.25) is 0 Å². The van der Waals surface area contributed by atoms with Crippen molar-refractivity contribution in [2.45, 2.75) is 18.4 Å². The van der Waals surface area contributed by atoms with Crippen molar-refractivity contribution in [1.82, 2.24) is 14.9 Å². The van der Waals surface area contributed by atoms with Crippen molar-refractivity contribution in [3.05, 3.63) is 41.3 Å². The maximum atomic E-state index is 13.4. The molecule has 0 aliphatic heterocycles. The molecule has 10 heteroatoms. The second kappa shape index (κ2) is 5.84. The van der Waals surface area contributed by atoms with E-state index >= 15 is 0 Å².